The van der Waals surface area contributed by atoms with Gasteiger partial charge >= 0.3 is 0 Å². The molecule has 4 aromatic carbocycles. The first-order chi connectivity index (χ1) is 19.4. The van der Waals surface area contributed by atoms with Crippen LogP contribution in [0.25, 0.3) is 16.2 Å². The van der Waals surface area contributed by atoms with E-state index in [1.165, 1.54) is 54.4 Å². The predicted octanol–water partition coefficient (Wildman–Crippen LogP) is 9.63. The number of allylic oxidation sites excluding steroid dienone is 2. The maximum atomic E-state index is 2.59. The van der Waals surface area contributed by atoms with Crippen LogP contribution in [0.3, 0.4) is 0 Å². The van der Waals surface area contributed by atoms with Crippen molar-refractivity contribution in [3.8, 4) is 0 Å². The minimum absolute atomic E-state index is 0.256. The lowest BCUT2D eigenvalue weighted by Crippen LogP contribution is -2.28. The van der Waals surface area contributed by atoms with E-state index in [0.717, 1.165) is 0 Å². The molecule has 0 saturated carbocycles. The first kappa shape index (κ1) is 21.6. The minimum atomic E-state index is 0.256. The standard InChI is InChI=1S/C36H26N2S/c1-2-10-23(11-3-1)38-33-21-18-24(37-31-15-7-4-12-25(31)26-13-5-8-16-32(26)37)22-30(33)28-19-20-29-27-14-6-9-17-34(27)39-36(29)35(28)38/h1-22,25,28,31,35H. The maximum Gasteiger partial charge on any atom is 0.0794 e. The molecule has 0 radical (unpaired) electrons. The van der Waals surface area contributed by atoms with Crippen LogP contribution in [-0.4, -0.2) is 6.04 Å². The summed E-state index contributed by atoms with van der Waals surface area (Å²) in [5.41, 5.74) is 9.39. The average molecular weight is 519 g/mol. The Morgan fingerprint density at radius 1 is 0.590 bits per heavy atom. The van der Waals surface area contributed by atoms with Gasteiger partial charge in [-0.15, -0.1) is 11.3 Å². The molecule has 1 aromatic heterocycles. The number of nitrogens with zero attached hydrogens (tertiary/aromatic N) is 2. The van der Waals surface area contributed by atoms with Gasteiger partial charge in [0.2, 0.25) is 0 Å². The van der Waals surface area contributed by atoms with Gasteiger partial charge in [0.05, 0.1) is 12.1 Å². The molecule has 9 rings (SSSR count). The van der Waals surface area contributed by atoms with Crippen LogP contribution in [0.5, 0.6) is 0 Å². The highest BCUT2D eigenvalue weighted by molar-refractivity contribution is 7.19. The Labute approximate surface area is 232 Å². The normalized spacial score (nSPS) is 23.5. The first-order valence-electron chi connectivity index (χ1n) is 13.8. The third kappa shape index (κ3) is 2.97. The quantitative estimate of drug-likeness (QED) is 0.229. The highest BCUT2D eigenvalue weighted by atomic mass is 32.1. The van der Waals surface area contributed by atoms with Crippen LogP contribution in [0, 0.1) is 0 Å². The molecule has 3 heteroatoms. The van der Waals surface area contributed by atoms with Gasteiger partial charge in [-0.3, -0.25) is 0 Å². The van der Waals surface area contributed by atoms with Crippen LogP contribution in [0.15, 0.2) is 127 Å². The molecule has 4 aliphatic rings. The van der Waals surface area contributed by atoms with Crippen LogP contribution in [-0.2, 0) is 0 Å². The smallest absolute Gasteiger partial charge is 0.0794 e. The third-order valence-corrected chi connectivity index (χ3v) is 10.2. The molecule has 0 bridgehead atoms. The fraction of sp³-hybridized carbons (Fsp3) is 0.111. The lowest BCUT2D eigenvalue weighted by atomic mass is 9.86. The van der Waals surface area contributed by atoms with Gasteiger partial charge in [-0.1, -0.05) is 91.1 Å². The van der Waals surface area contributed by atoms with E-state index in [1.54, 1.807) is 0 Å². The van der Waals surface area contributed by atoms with Crippen molar-refractivity contribution in [2.24, 2.45) is 0 Å². The van der Waals surface area contributed by atoms with Crippen LogP contribution in [0.2, 0.25) is 0 Å². The molecule has 4 unspecified atom stereocenters. The maximum absolute atomic E-state index is 2.59. The molecule has 0 N–H and O–H groups in total. The van der Waals surface area contributed by atoms with Crippen molar-refractivity contribution in [3.05, 3.63) is 149 Å². The van der Waals surface area contributed by atoms with Gasteiger partial charge in [0.15, 0.2) is 0 Å². The summed E-state index contributed by atoms with van der Waals surface area (Å²) in [5.74, 6) is 0.694. The number of thiophene rings is 1. The highest BCUT2D eigenvalue weighted by Crippen LogP contribution is 2.59. The first-order valence-corrected chi connectivity index (χ1v) is 14.6. The number of hydrogen-bond donors (Lipinski definition) is 0. The summed E-state index contributed by atoms with van der Waals surface area (Å²) in [6.45, 7) is 0. The summed E-state index contributed by atoms with van der Waals surface area (Å²) in [7, 11) is 0. The molecule has 186 valence electrons. The molecule has 0 spiro atoms. The van der Waals surface area contributed by atoms with Crippen molar-refractivity contribution in [3.63, 3.8) is 0 Å². The summed E-state index contributed by atoms with van der Waals surface area (Å²) in [4.78, 5) is 6.61. The summed E-state index contributed by atoms with van der Waals surface area (Å²) < 4.78 is 1.37. The zero-order valence-corrected chi connectivity index (χ0v) is 22.1. The van der Waals surface area contributed by atoms with Crippen LogP contribution in [0.4, 0.5) is 22.7 Å². The van der Waals surface area contributed by atoms with E-state index in [0.29, 0.717) is 17.9 Å². The second-order valence-corrected chi connectivity index (χ2v) is 12.0. The van der Waals surface area contributed by atoms with Crippen LogP contribution in [0.1, 0.15) is 39.4 Å². The number of rotatable bonds is 2. The Kier molecular flexibility index (Phi) is 4.47. The molecular formula is C36H26N2S. The number of benzene rings is 4. The average Bonchev–Trinajstić information content (AvgIpc) is 3.65. The Morgan fingerprint density at radius 2 is 1.38 bits per heavy atom. The third-order valence-electron chi connectivity index (χ3n) is 8.92. The molecule has 4 atom stereocenters. The molecule has 2 nitrogen and oxygen atoms in total. The van der Waals surface area contributed by atoms with Crippen molar-refractivity contribution >= 4 is 50.2 Å². The molecule has 2 aliphatic carbocycles. The molecule has 2 aliphatic heterocycles. The van der Waals surface area contributed by atoms with E-state index in [-0.39, 0.29) is 6.04 Å². The van der Waals surface area contributed by atoms with Crippen molar-refractivity contribution in [2.75, 3.05) is 9.80 Å². The van der Waals surface area contributed by atoms with E-state index in [2.05, 4.69) is 143 Å². The molecule has 5 aromatic rings. The lowest BCUT2D eigenvalue weighted by Gasteiger charge is -2.31. The largest absolute Gasteiger partial charge is 0.333 e. The van der Waals surface area contributed by atoms with Crippen LogP contribution >= 0.6 is 11.3 Å². The van der Waals surface area contributed by atoms with Crippen molar-refractivity contribution < 1.29 is 0 Å². The Bertz CT molecular complexity index is 1860. The second kappa shape index (κ2) is 8.08. The van der Waals surface area contributed by atoms with Gasteiger partial charge in [0.1, 0.15) is 0 Å². The lowest BCUT2D eigenvalue weighted by molar-refractivity contribution is 0.680. The topological polar surface area (TPSA) is 6.48 Å². The summed E-state index contributed by atoms with van der Waals surface area (Å²) in [6, 6.07) is 36.5. The SMILES string of the molecule is C1=CC2c3ccccc3N(c3ccc4c(c3)C3C=Cc5c(sc6ccccc56)C3N4c3ccccc3)C2C=C1. The number of hydrogen-bond acceptors (Lipinski definition) is 3. The Morgan fingerprint density at radius 3 is 2.33 bits per heavy atom. The number of anilines is 4. The van der Waals surface area contributed by atoms with E-state index < -0.39 is 0 Å². The van der Waals surface area contributed by atoms with Gasteiger partial charge in [-0.2, -0.15) is 0 Å². The van der Waals surface area contributed by atoms with E-state index >= 15 is 0 Å². The van der Waals surface area contributed by atoms with Gasteiger partial charge in [-0.25, -0.2) is 0 Å². The molecule has 0 amide bonds. The van der Waals surface area contributed by atoms with Crippen LogP contribution < -0.4 is 9.80 Å². The fourth-order valence-electron chi connectivity index (χ4n) is 7.30. The summed E-state index contributed by atoms with van der Waals surface area (Å²) in [5, 5.41) is 1.37. The van der Waals surface area contributed by atoms with E-state index in [9.17, 15) is 0 Å². The second-order valence-electron chi connectivity index (χ2n) is 10.9. The molecule has 0 saturated heterocycles. The Balaban J connectivity index is 1.23. The molecule has 0 fully saturated rings. The van der Waals surface area contributed by atoms with Crippen molar-refractivity contribution in [1.82, 2.24) is 0 Å². The minimum Gasteiger partial charge on any atom is -0.333 e. The molecule has 3 heterocycles. The van der Waals surface area contributed by atoms with Crippen molar-refractivity contribution in [1.29, 1.82) is 0 Å². The number of para-hydroxylation sites is 2. The molecule has 39 heavy (non-hydrogen) atoms. The van der Waals surface area contributed by atoms with Gasteiger partial charge in [0.25, 0.3) is 0 Å². The monoisotopic (exact) mass is 518 g/mol. The van der Waals surface area contributed by atoms with Crippen molar-refractivity contribution in [2.45, 2.75) is 23.9 Å². The van der Waals surface area contributed by atoms with Gasteiger partial charge in [-0.05, 0) is 59.2 Å². The molecular weight excluding hydrogens is 492 g/mol. The fourth-order valence-corrected chi connectivity index (χ4v) is 8.63. The zero-order valence-electron chi connectivity index (χ0n) is 21.3. The summed E-state index contributed by atoms with van der Waals surface area (Å²) in [6.07, 6.45) is 14.0. The summed E-state index contributed by atoms with van der Waals surface area (Å²) >= 11 is 1.96. The highest BCUT2D eigenvalue weighted by Gasteiger charge is 2.44. The zero-order chi connectivity index (χ0) is 25.5. The number of fused-ring (bicyclic) bond motifs is 10. The van der Waals surface area contributed by atoms with E-state index in [4.69, 9.17) is 0 Å². The van der Waals surface area contributed by atoms with Gasteiger partial charge in [0, 0.05) is 49.5 Å². The van der Waals surface area contributed by atoms with E-state index in [1.807, 2.05) is 11.3 Å². The van der Waals surface area contributed by atoms with Gasteiger partial charge < -0.3 is 9.80 Å². The Hall–Kier alpha value is -4.34. The predicted molar refractivity (Wildman–Crippen MR) is 165 cm³/mol.